The number of benzene rings is 4. The molecule has 0 aliphatic heterocycles. The van der Waals surface area contributed by atoms with E-state index in [1.165, 1.54) is 11.1 Å². The summed E-state index contributed by atoms with van der Waals surface area (Å²) in [5.74, 6) is 3.77. The van der Waals surface area contributed by atoms with Crippen molar-refractivity contribution in [1.82, 2.24) is 4.98 Å². The number of nitrogens with zero attached hydrogens (tertiary/aromatic N) is 1. The minimum atomic E-state index is 0.659. The van der Waals surface area contributed by atoms with Gasteiger partial charge < -0.3 is 14.2 Å². The van der Waals surface area contributed by atoms with Gasteiger partial charge in [-0.2, -0.15) is 0 Å². The predicted molar refractivity (Wildman–Crippen MR) is 140 cm³/mol. The molecule has 0 fully saturated rings. The molecule has 0 aliphatic rings. The fourth-order valence-corrected chi connectivity index (χ4v) is 4.03. The number of methoxy groups -OCH3 is 1. The zero-order chi connectivity index (χ0) is 24.2. The Balaban J connectivity index is 1.42. The van der Waals surface area contributed by atoms with Crippen LogP contribution in [0.25, 0.3) is 10.8 Å². The standard InChI is InChI=1S/C31H27NO3/c1-21-7-12-24(13-8-21)34-29-6-4-5-26-27(29)17-18-32-28(26)19-23-11-16-30(31(20-23)33-3)35-25-14-9-22(2)10-15-25/h4-18,20H,19H2,1-3H3. The van der Waals surface area contributed by atoms with Crippen LogP contribution in [0.4, 0.5) is 0 Å². The highest BCUT2D eigenvalue weighted by molar-refractivity contribution is 5.90. The molecule has 1 heterocycles. The number of pyridine rings is 1. The Kier molecular flexibility index (Phi) is 6.36. The predicted octanol–water partition coefficient (Wildman–Crippen LogP) is 8.04. The number of hydrogen-bond donors (Lipinski definition) is 0. The van der Waals surface area contributed by atoms with E-state index >= 15 is 0 Å². The Labute approximate surface area is 205 Å². The van der Waals surface area contributed by atoms with E-state index in [9.17, 15) is 0 Å². The summed E-state index contributed by atoms with van der Waals surface area (Å²) in [6.07, 6.45) is 2.50. The first-order valence-corrected chi connectivity index (χ1v) is 11.6. The molecular formula is C31H27NO3. The molecule has 0 amide bonds. The first-order chi connectivity index (χ1) is 17.1. The van der Waals surface area contributed by atoms with E-state index in [2.05, 4.69) is 31.0 Å². The second kappa shape index (κ2) is 9.90. The molecule has 0 bridgehead atoms. The SMILES string of the molecule is COc1cc(Cc2nccc3c(Oc4ccc(C)cc4)cccc23)ccc1Oc1ccc(C)cc1. The van der Waals surface area contributed by atoms with E-state index in [4.69, 9.17) is 14.2 Å². The third-order valence-corrected chi connectivity index (χ3v) is 5.95. The smallest absolute Gasteiger partial charge is 0.169 e. The lowest BCUT2D eigenvalue weighted by molar-refractivity contribution is 0.378. The van der Waals surface area contributed by atoms with Gasteiger partial charge in [-0.05, 0) is 67.9 Å². The molecule has 0 N–H and O–H groups in total. The second-order valence-corrected chi connectivity index (χ2v) is 8.60. The minimum Gasteiger partial charge on any atom is -0.493 e. The van der Waals surface area contributed by atoms with Crippen molar-refractivity contribution in [3.63, 3.8) is 0 Å². The van der Waals surface area contributed by atoms with Crippen LogP contribution in [0, 0.1) is 13.8 Å². The van der Waals surface area contributed by atoms with Crippen molar-refractivity contribution in [1.29, 1.82) is 0 Å². The van der Waals surface area contributed by atoms with Crippen LogP contribution in [-0.4, -0.2) is 12.1 Å². The van der Waals surface area contributed by atoms with Crippen LogP contribution in [0.1, 0.15) is 22.4 Å². The molecule has 0 radical (unpaired) electrons. The Hall–Kier alpha value is -4.31. The van der Waals surface area contributed by atoms with Gasteiger partial charge >= 0.3 is 0 Å². The third-order valence-electron chi connectivity index (χ3n) is 5.95. The third kappa shape index (κ3) is 5.12. The van der Waals surface area contributed by atoms with E-state index in [0.29, 0.717) is 17.9 Å². The van der Waals surface area contributed by atoms with E-state index in [-0.39, 0.29) is 0 Å². The summed E-state index contributed by atoms with van der Waals surface area (Å²) in [5, 5.41) is 2.10. The van der Waals surface area contributed by atoms with Crippen molar-refractivity contribution in [2.75, 3.05) is 7.11 Å². The molecule has 4 heteroatoms. The molecule has 4 nitrogen and oxygen atoms in total. The van der Waals surface area contributed by atoms with Gasteiger partial charge in [0.1, 0.15) is 17.2 Å². The molecule has 0 saturated heterocycles. The fraction of sp³-hybridized carbons (Fsp3) is 0.129. The van der Waals surface area contributed by atoms with Gasteiger partial charge in [-0.3, -0.25) is 4.98 Å². The molecule has 0 unspecified atom stereocenters. The highest BCUT2D eigenvalue weighted by Crippen LogP contribution is 2.35. The Morgan fingerprint density at radius 1 is 0.629 bits per heavy atom. The van der Waals surface area contributed by atoms with Gasteiger partial charge in [-0.25, -0.2) is 0 Å². The van der Waals surface area contributed by atoms with Crippen molar-refractivity contribution < 1.29 is 14.2 Å². The Morgan fingerprint density at radius 2 is 1.29 bits per heavy atom. The maximum atomic E-state index is 6.20. The van der Waals surface area contributed by atoms with Gasteiger partial charge in [0.15, 0.2) is 11.5 Å². The summed E-state index contributed by atoms with van der Waals surface area (Å²) in [6.45, 7) is 4.12. The van der Waals surface area contributed by atoms with Crippen molar-refractivity contribution in [3.8, 4) is 28.7 Å². The Morgan fingerprint density at radius 3 is 1.94 bits per heavy atom. The van der Waals surface area contributed by atoms with Crippen molar-refractivity contribution in [2.45, 2.75) is 20.3 Å². The van der Waals surface area contributed by atoms with Crippen LogP contribution >= 0.6 is 0 Å². The molecule has 0 atom stereocenters. The normalized spacial score (nSPS) is 10.8. The molecule has 5 rings (SSSR count). The van der Waals surface area contributed by atoms with Gasteiger partial charge in [0.05, 0.1) is 12.8 Å². The zero-order valence-corrected chi connectivity index (χ0v) is 20.1. The molecule has 174 valence electrons. The first kappa shape index (κ1) is 22.5. The minimum absolute atomic E-state index is 0.659. The highest BCUT2D eigenvalue weighted by atomic mass is 16.5. The van der Waals surface area contributed by atoms with E-state index < -0.39 is 0 Å². The summed E-state index contributed by atoms with van der Waals surface area (Å²) < 4.78 is 17.9. The van der Waals surface area contributed by atoms with Crippen LogP contribution in [-0.2, 0) is 6.42 Å². The number of rotatable bonds is 7. The lowest BCUT2D eigenvalue weighted by Gasteiger charge is -2.14. The lowest BCUT2D eigenvalue weighted by Crippen LogP contribution is -1.97. The summed E-state index contributed by atoms with van der Waals surface area (Å²) in [7, 11) is 1.66. The van der Waals surface area contributed by atoms with Crippen molar-refractivity contribution in [2.24, 2.45) is 0 Å². The van der Waals surface area contributed by atoms with Gasteiger partial charge in [0.25, 0.3) is 0 Å². The van der Waals surface area contributed by atoms with Crippen LogP contribution in [0.15, 0.2) is 97.2 Å². The molecule has 4 aromatic carbocycles. The highest BCUT2D eigenvalue weighted by Gasteiger charge is 2.12. The molecule has 0 spiro atoms. The summed E-state index contributed by atoms with van der Waals surface area (Å²) >= 11 is 0. The van der Waals surface area contributed by atoms with Gasteiger partial charge in [0.2, 0.25) is 0 Å². The number of aryl methyl sites for hydroxylation is 2. The van der Waals surface area contributed by atoms with E-state index in [1.807, 2.05) is 85.1 Å². The van der Waals surface area contributed by atoms with Gasteiger partial charge in [-0.1, -0.05) is 53.6 Å². The maximum absolute atomic E-state index is 6.20. The molecule has 0 saturated carbocycles. The first-order valence-electron chi connectivity index (χ1n) is 11.6. The summed E-state index contributed by atoms with van der Waals surface area (Å²) in [4.78, 5) is 4.69. The monoisotopic (exact) mass is 461 g/mol. The molecular weight excluding hydrogens is 434 g/mol. The molecule has 5 aromatic rings. The fourth-order valence-electron chi connectivity index (χ4n) is 4.03. The zero-order valence-electron chi connectivity index (χ0n) is 20.1. The van der Waals surface area contributed by atoms with Crippen molar-refractivity contribution in [3.05, 3.63) is 120 Å². The maximum Gasteiger partial charge on any atom is 0.169 e. The molecule has 1 aromatic heterocycles. The lowest BCUT2D eigenvalue weighted by atomic mass is 10.0. The van der Waals surface area contributed by atoms with Crippen LogP contribution in [0.3, 0.4) is 0 Å². The van der Waals surface area contributed by atoms with Crippen LogP contribution in [0.2, 0.25) is 0 Å². The van der Waals surface area contributed by atoms with Crippen LogP contribution in [0.5, 0.6) is 28.7 Å². The average molecular weight is 462 g/mol. The molecule has 0 aliphatic carbocycles. The Bertz CT molecular complexity index is 1460. The molecule has 35 heavy (non-hydrogen) atoms. The topological polar surface area (TPSA) is 40.6 Å². The largest absolute Gasteiger partial charge is 0.493 e. The van der Waals surface area contributed by atoms with Crippen LogP contribution < -0.4 is 14.2 Å². The van der Waals surface area contributed by atoms with Crippen molar-refractivity contribution >= 4 is 10.8 Å². The van der Waals surface area contributed by atoms with Gasteiger partial charge in [-0.15, -0.1) is 0 Å². The second-order valence-electron chi connectivity index (χ2n) is 8.60. The van der Waals surface area contributed by atoms with E-state index in [0.717, 1.165) is 39.3 Å². The number of hydrogen-bond acceptors (Lipinski definition) is 4. The average Bonchev–Trinajstić information content (AvgIpc) is 2.88. The number of fused-ring (bicyclic) bond motifs is 1. The van der Waals surface area contributed by atoms with E-state index in [1.54, 1.807) is 7.11 Å². The quantitative estimate of drug-likeness (QED) is 0.246. The number of aromatic nitrogens is 1. The summed E-state index contributed by atoms with van der Waals surface area (Å²) in [5.41, 5.74) is 4.45. The van der Waals surface area contributed by atoms with Gasteiger partial charge in [0, 0.05) is 23.4 Å². The summed E-state index contributed by atoms with van der Waals surface area (Å²) in [6, 6.07) is 30.2. The number of ether oxygens (including phenoxy) is 3.